The molecule has 3 rings (SSSR count). The number of rotatable bonds is 7. The SMILES string of the molecule is CCCP(=O)(c1ccccc1)c1ccccc1CCc1ccccc1. The van der Waals surface area contributed by atoms with Crippen molar-refractivity contribution in [3.63, 3.8) is 0 Å². The average Bonchev–Trinajstić information content (AvgIpc) is 2.68. The van der Waals surface area contributed by atoms with Crippen molar-refractivity contribution in [2.75, 3.05) is 6.16 Å². The number of benzene rings is 3. The first-order valence-electron chi connectivity index (χ1n) is 9.01. The third-order valence-corrected chi connectivity index (χ3v) is 8.04. The molecule has 0 aliphatic rings. The summed E-state index contributed by atoms with van der Waals surface area (Å²) >= 11 is 0. The molecule has 0 spiro atoms. The summed E-state index contributed by atoms with van der Waals surface area (Å²) < 4.78 is 14.0. The van der Waals surface area contributed by atoms with Crippen LogP contribution < -0.4 is 10.6 Å². The Labute approximate surface area is 151 Å². The third-order valence-electron chi connectivity index (χ3n) is 4.62. The summed E-state index contributed by atoms with van der Waals surface area (Å²) in [5.74, 6) is 0. The smallest absolute Gasteiger partial charge is 0.143 e. The molecule has 0 aliphatic carbocycles. The van der Waals surface area contributed by atoms with Gasteiger partial charge in [0, 0.05) is 16.8 Å². The number of aryl methyl sites for hydroxylation is 2. The van der Waals surface area contributed by atoms with Gasteiger partial charge in [-0.15, -0.1) is 0 Å². The third kappa shape index (κ3) is 4.11. The Kier molecular flexibility index (Phi) is 5.89. The van der Waals surface area contributed by atoms with Gasteiger partial charge in [-0.3, -0.25) is 0 Å². The number of hydrogen-bond acceptors (Lipinski definition) is 1. The Morgan fingerprint density at radius 3 is 2.00 bits per heavy atom. The molecular formula is C23H25OP. The Morgan fingerprint density at radius 2 is 1.32 bits per heavy atom. The Morgan fingerprint density at radius 1 is 0.720 bits per heavy atom. The van der Waals surface area contributed by atoms with Crippen molar-refractivity contribution in [2.24, 2.45) is 0 Å². The van der Waals surface area contributed by atoms with Crippen molar-refractivity contribution >= 4 is 17.8 Å². The zero-order valence-electron chi connectivity index (χ0n) is 14.8. The first-order valence-corrected chi connectivity index (χ1v) is 10.9. The maximum Gasteiger partial charge on any atom is 0.143 e. The first-order chi connectivity index (χ1) is 12.2. The van der Waals surface area contributed by atoms with Gasteiger partial charge in [0.15, 0.2) is 0 Å². The highest BCUT2D eigenvalue weighted by Gasteiger charge is 2.28. The molecule has 1 atom stereocenters. The predicted molar refractivity (Wildman–Crippen MR) is 109 cm³/mol. The van der Waals surface area contributed by atoms with Gasteiger partial charge in [-0.2, -0.15) is 0 Å². The van der Waals surface area contributed by atoms with Crippen LogP contribution in [0.1, 0.15) is 24.5 Å². The van der Waals surface area contributed by atoms with E-state index in [1.54, 1.807) is 0 Å². The maximum atomic E-state index is 14.0. The van der Waals surface area contributed by atoms with E-state index in [4.69, 9.17) is 0 Å². The fourth-order valence-electron chi connectivity index (χ4n) is 3.37. The van der Waals surface area contributed by atoms with Gasteiger partial charge in [-0.25, -0.2) is 0 Å². The standard InChI is InChI=1S/C23H25OP/c1-2-19-25(24,22-14-7-4-8-15-22)23-16-10-9-13-21(23)18-17-20-11-5-3-6-12-20/h3-16H,2,17-19H2,1H3. The predicted octanol–water partition coefficient (Wildman–Crippen LogP) is 5.20. The van der Waals surface area contributed by atoms with Gasteiger partial charge in [-0.05, 0) is 30.4 Å². The summed E-state index contributed by atoms with van der Waals surface area (Å²) in [7, 11) is -2.58. The zero-order valence-corrected chi connectivity index (χ0v) is 15.7. The molecule has 0 N–H and O–H groups in total. The van der Waals surface area contributed by atoms with Crippen molar-refractivity contribution < 1.29 is 4.57 Å². The van der Waals surface area contributed by atoms with Crippen LogP contribution in [0.2, 0.25) is 0 Å². The lowest BCUT2D eigenvalue weighted by molar-refractivity contribution is 0.586. The van der Waals surface area contributed by atoms with Gasteiger partial charge in [0.2, 0.25) is 0 Å². The van der Waals surface area contributed by atoms with E-state index in [0.29, 0.717) is 0 Å². The molecular weight excluding hydrogens is 323 g/mol. The van der Waals surface area contributed by atoms with E-state index in [-0.39, 0.29) is 0 Å². The molecule has 0 saturated carbocycles. The van der Waals surface area contributed by atoms with Crippen molar-refractivity contribution in [1.82, 2.24) is 0 Å². The molecule has 128 valence electrons. The van der Waals surface area contributed by atoms with Crippen LogP contribution in [0, 0.1) is 0 Å². The largest absolute Gasteiger partial charge is 0.314 e. The number of hydrogen-bond donors (Lipinski definition) is 0. The van der Waals surface area contributed by atoms with Crippen LogP contribution in [0.3, 0.4) is 0 Å². The van der Waals surface area contributed by atoms with E-state index in [0.717, 1.165) is 36.0 Å². The van der Waals surface area contributed by atoms with Gasteiger partial charge in [0.1, 0.15) is 7.14 Å². The Bertz CT molecular complexity index is 840. The summed E-state index contributed by atoms with van der Waals surface area (Å²) in [6, 6.07) is 28.8. The molecule has 2 heteroatoms. The minimum absolute atomic E-state index is 0.722. The van der Waals surface area contributed by atoms with Crippen LogP contribution in [0.15, 0.2) is 84.9 Å². The van der Waals surface area contributed by atoms with Crippen LogP contribution in [0.4, 0.5) is 0 Å². The van der Waals surface area contributed by atoms with E-state index in [1.807, 2.05) is 42.5 Å². The molecule has 0 fully saturated rings. The molecule has 0 radical (unpaired) electrons. The highest BCUT2D eigenvalue weighted by molar-refractivity contribution is 7.78. The monoisotopic (exact) mass is 348 g/mol. The highest BCUT2D eigenvalue weighted by atomic mass is 31.2. The molecule has 3 aromatic rings. The minimum atomic E-state index is -2.58. The quantitative estimate of drug-likeness (QED) is 0.537. The van der Waals surface area contributed by atoms with Crippen molar-refractivity contribution in [3.05, 3.63) is 96.1 Å². The summed E-state index contributed by atoms with van der Waals surface area (Å²) in [5.41, 5.74) is 2.54. The van der Waals surface area contributed by atoms with Gasteiger partial charge in [0.05, 0.1) is 0 Å². The summed E-state index contributed by atoms with van der Waals surface area (Å²) in [5, 5.41) is 2.02. The molecule has 0 amide bonds. The van der Waals surface area contributed by atoms with Crippen molar-refractivity contribution in [1.29, 1.82) is 0 Å². The van der Waals surface area contributed by atoms with E-state index >= 15 is 0 Å². The van der Waals surface area contributed by atoms with Gasteiger partial charge >= 0.3 is 0 Å². The van der Waals surface area contributed by atoms with Crippen molar-refractivity contribution in [3.8, 4) is 0 Å². The average molecular weight is 348 g/mol. The molecule has 0 bridgehead atoms. The van der Waals surface area contributed by atoms with E-state index in [9.17, 15) is 4.57 Å². The molecule has 0 aromatic heterocycles. The summed E-state index contributed by atoms with van der Waals surface area (Å²) in [6.07, 6.45) is 3.53. The van der Waals surface area contributed by atoms with Gasteiger partial charge in [-0.1, -0.05) is 91.9 Å². The lowest BCUT2D eigenvalue weighted by Gasteiger charge is -2.22. The zero-order chi connectivity index (χ0) is 17.5. The topological polar surface area (TPSA) is 17.1 Å². The van der Waals surface area contributed by atoms with Crippen LogP contribution in [0.5, 0.6) is 0 Å². The lowest BCUT2D eigenvalue weighted by Crippen LogP contribution is -2.22. The lowest BCUT2D eigenvalue weighted by atomic mass is 10.0. The van der Waals surface area contributed by atoms with Gasteiger partial charge in [0.25, 0.3) is 0 Å². The normalized spacial score (nSPS) is 13.3. The Balaban J connectivity index is 1.96. The van der Waals surface area contributed by atoms with Gasteiger partial charge < -0.3 is 4.57 Å². The molecule has 3 aromatic carbocycles. The molecule has 0 heterocycles. The highest BCUT2D eigenvalue weighted by Crippen LogP contribution is 2.45. The second-order valence-corrected chi connectivity index (χ2v) is 9.34. The fourth-order valence-corrected chi connectivity index (χ4v) is 6.41. The minimum Gasteiger partial charge on any atom is -0.314 e. The molecule has 25 heavy (non-hydrogen) atoms. The van der Waals surface area contributed by atoms with Crippen LogP contribution >= 0.6 is 7.14 Å². The van der Waals surface area contributed by atoms with Crippen molar-refractivity contribution in [2.45, 2.75) is 26.2 Å². The fraction of sp³-hybridized carbons (Fsp3) is 0.217. The van der Waals surface area contributed by atoms with E-state index in [2.05, 4.69) is 49.4 Å². The Hall–Kier alpha value is -2.11. The second kappa shape index (κ2) is 8.32. The van der Waals surface area contributed by atoms with Crippen LogP contribution in [-0.2, 0) is 17.4 Å². The second-order valence-electron chi connectivity index (χ2n) is 6.41. The van der Waals surface area contributed by atoms with E-state index < -0.39 is 7.14 Å². The maximum absolute atomic E-state index is 14.0. The first kappa shape index (κ1) is 17.7. The van der Waals surface area contributed by atoms with Crippen LogP contribution in [-0.4, -0.2) is 6.16 Å². The molecule has 1 unspecified atom stereocenters. The molecule has 0 aliphatic heterocycles. The van der Waals surface area contributed by atoms with Crippen LogP contribution in [0.25, 0.3) is 0 Å². The summed E-state index contributed by atoms with van der Waals surface area (Å²) in [4.78, 5) is 0. The van der Waals surface area contributed by atoms with E-state index in [1.165, 1.54) is 11.1 Å². The molecule has 1 nitrogen and oxygen atoms in total. The molecule has 0 saturated heterocycles. The summed E-state index contributed by atoms with van der Waals surface area (Å²) in [6.45, 7) is 2.11.